The van der Waals surface area contributed by atoms with Gasteiger partial charge >= 0.3 is 0 Å². The Morgan fingerprint density at radius 2 is 1.94 bits per heavy atom. The van der Waals surface area contributed by atoms with Crippen LogP contribution in [0.4, 0.5) is 5.69 Å². The molecule has 2 N–H and O–H groups in total. The van der Waals surface area contributed by atoms with Crippen LogP contribution in [0.2, 0.25) is 5.28 Å². The number of anilines is 1. The van der Waals surface area contributed by atoms with Crippen LogP contribution in [0.25, 0.3) is 0 Å². The topological polar surface area (TPSA) is 51.8 Å². The molecule has 1 fully saturated rings. The zero-order valence-electron chi connectivity index (χ0n) is 9.37. The van der Waals surface area contributed by atoms with Gasteiger partial charge in [0, 0.05) is 5.25 Å². The van der Waals surface area contributed by atoms with Crippen molar-refractivity contribution in [3.63, 3.8) is 0 Å². The summed E-state index contributed by atoms with van der Waals surface area (Å²) in [5, 5.41) is 1.79. The third-order valence-corrected chi connectivity index (χ3v) is 4.41. The zero-order valence-corrected chi connectivity index (χ0v) is 10.9. The van der Waals surface area contributed by atoms with E-state index < -0.39 is 0 Å². The minimum atomic E-state index is 0.296. The van der Waals surface area contributed by atoms with E-state index in [2.05, 4.69) is 9.97 Å². The van der Waals surface area contributed by atoms with Crippen molar-refractivity contribution in [2.45, 2.75) is 49.3 Å². The molecule has 5 heteroatoms. The largest absolute Gasteiger partial charge is 0.395 e. The minimum absolute atomic E-state index is 0.296. The van der Waals surface area contributed by atoms with E-state index in [0.29, 0.717) is 16.2 Å². The molecule has 1 aromatic rings. The standard InChI is InChI=1S/C11H16ClN3S/c1-7-9(13)10(15-11(12)14-7)16-8-5-3-2-4-6-8/h8H,2-6,13H2,1H3. The molecule has 0 saturated heterocycles. The van der Waals surface area contributed by atoms with E-state index in [9.17, 15) is 0 Å². The van der Waals surface area contributed by atoms with Crippen molar-refractivity contribution in [2.24, 2.45) is 0 Å². The Labute approximate surface area is 105 Å². The van der Waals surface area contributed by atoms with Crippen molar-refractivity contribution >= 4 is 29.1 Å². The van der Waals surface area contributed by atoms with E-state index in [4.69, 9.17) is 17.3 Å². The second-order valence-corrected chi connectivity index (χ2v) is 5.80. The molecule has 1 saturated carbocycles. The highest BCUT2D eigenvalue weighted by Crippen LogP contribution is 2.36. The highest BCUT2D eigenvalue weighted by Gasteiger charge is 2.18. The minimum Gasteiger partial charge on any atom is -0.395 e. The molecule has 88 valence electrons. The third-order valence-electron chi connectivity index (χ3n) is 2.90. The summed E-state index contributed by atoms with van der Waals surface area (Å²) < 4.78 is 0. The van der Waals surface area contributed by atoms with Crippen LogP contribution in [0.15, 0.2) is 5.03 Å². The van der Waals surface area contributed by atoms with Gasteiger partial charge < -0.3 is 5.73 Å². The second-order valence-electron chi connectivity index (χ2n) is 4.17. The molecule has 1 aliphatic carbocycles. The molecular weight excluding hydrogens is 242 g/mol. The highest BCUT2D eigenvalue weighted by atomic mass is 35.5. The summed E-state index contributed by atoms with van der Waals surface area (Å²) in [5.41, 5.74) is 7.42. The van der Waals surface area contributed by atoms with Gasteiger partial charge in [-0.3, -0.25) is 0 Å². The second kappa shape index (κ2) is 5.23. The van der Waals surface area contributed by atoms with Gasteiger partial charge in [0.05, 0.1) is 11.4 Å². The fraction of sp³-hybridized carbons (Fsp3) is 0.636. The molecule has 1 aromatic heterocycles. The molecule has 0 bridgehead atoms. The number of rotatable bonds is 2. The highest BCUT2D eigenvalue weighted by molar-refractivity contribution is 8.00. The molecule has 0 amide bonds. The van der Waals surface area contributed by atoms with Crippen LogP contribution in [0.1, 0.15) is 37.8 Å². The number of thioether (sulfide) groups is 1. The van der Waals surface area contributed by atoms with Crippen LogP contribution in [-0.4, -0.2) is 15.2 Å². The Balaban J connectivity index is 2.13. The fourth-order valence-electron chi connectivity index (χ4n) is 1.95. The lowest BCUT2D eigenvalue weighted by molar-refractivity contribution is 0.516. The predicted octanol–water partition coefficient (Wildman–Crippen LogP) is 3.45. The SMILES string of the molecule is Cc1nc(Cl)nc(SC2CCCCC2)c1N. The van der Waals surface area contributed by atoms with Gasteiger partial charge in [-0.05, 0) is 31.4 Å². The van der Waals surface area contributed by atoms with Crippen LogP contribution in [0.3, 0.4) is 0 Å². The number of aryl methyl sites for hydroxylation is 1. The number of halogens is 1. The van der Waals surface area contributed by atoms with Gasteiger partial charge in [0.15, 0.2) is 0 Å². The van der Waals surface area contributed by atoms with Gasteiger partial charge in [-0.25, -0.2) is 9.97 Å². The molecule has 0 aromatic carbocycles. The normalized spacial score (nSPS) is 17.6. The first-order valence-corrected chi connectivity index (χ1v) is 6.89. The molecule has 1 heterocycles. The number of nitrogens with two attached hydrogens (primary N) is 1. The van der Waals surface area contributed by atoms with Gasteiger partial charge in [0.1, 0.15) is 5.03 Å². The van der Waals surface area contributed by atoms with Crippen molar-refractivity contribution in [2.75, 3.05) is 5.73 Å². The van der Waals surface area contributed by atoms with E-state index in [0.717, 1.165) is 10.7 Å². The van der Waals surface area contributed by atoms with E-state index in [-0.39, 0.29) is 0 Å². The summed E-state index contributed by atoms with van der Waals surface area (Å²) >= 11 is 7.61. The van der Waals surface area contributed by atoms with E-state index in [1.165, 1.54) is 32.1 Å². The smallest absolute Gasteiger partial charge is 0.223 e. The van der Waals surface area contributed by atoms with Gasteiger partial charge in [-0.15, -0.1) is 11.8 Å². The van der Waals surface area contributed by atoms with Crippen molar-refractivity contribution in [1.29, 1.82) is 0 Å². The van der Waals surface area contributed by atoms with Crippen molar-refractivity contribution < 1.29 is 0 Å². The maximum absolute atomic E-state index is 5.96. The summed E-state index contributed by atoms with van der Waals surface area (Å²) in [4.78, 5) is 8.26. The first-order valence-electron chi connectivity index (χ1n) is 5.63. The van der Waals surface area contributed by atoms with Crippen molar-refractivity contribution in [3.05, 3.63) is 11.0 Å². The van der Waals surface area contributed by atoms with E-state index in [1.54, 1.807) is 11.8 Å². The Kier molecular flexibility index (Phi) is 3.92. The van der Waals surface area contributed by atoms with Gasteiger partial charge in [0.2, 0.25) is 5.28 Å². The van der Waals surface area contributed by atoms with Crippen LogP contribution >= 0.6 is 23.4 Å². The Morgan fingerprint density at radius 1 is 1.25 bits per heavy atom. The zero-order chi connectivity index (χ0) is 11.5. The summed E-state index contributed by atoms with van der Waals surface area (Å²) in [6.45, 7) is 1.87. The van der Waals surface area contributed by atoms with Crippen molar-refractivity contribution in [3.8, 4) is 0 Å². The average molecular weight is 258 g/mol. The van der Waals surface area contributed by atoms with E-state index >= 15 is 0 Å². The molecule has 0 atom stereocenters. The average Bonchev–Trinajstić information content (AvgIpc) is 2.27. The molecule has 16 heavy (non-hydrogen) atoms. The Morgan fingerprint density at radius 3 is 2.62 bits per heavy atom. The van der Waals surface area contributed by atoms with Crippen LogP contribution < -0.4 is 5.73 Å². The lowest BCUT2D eigenvalue weighted by atomic mass is 10.0. The van der Waals surface area contributed by atoms with Crippen LogP contribution in [-0.2, 0) is 0 Å². The quantitative estimate of drug-likeness (QED) is 0.651. The molecule has 0 radical (unpaired) electrons. The molecule has 1 aliphatic rings. The number of nitrogen functional groups attached to an aromatic ring is 1. The number of nitrogens with zero attached hydrogens (tertiary/aromatic N) is 2. The number of hydrogen-bond acceptors (Lipinski definition) is 4. The van der Waals surface area contributed by atoms with Gasteiger partial charge in [-0.2, -0.15) is 0 Å². The summed E-state index contributed by atoms with van der Waals surface area (Å²) in [6.07, 6.45) is 6.50. The van der Waals surface area contributed by atoms with Crippen LogP contribution in [0.5, 0.6) is 0 Å². The molecule has 3 nitrogen and oxygen atoms in total. The van der Waals surface area contributed by atoms with Gasteiger partial charge in [0.25, 0.3) is 0 Å². The third kappa shape index (κ3) is 2.80. The molecule has 0 unspecified atom stereocenters. The number of aromatic nitrogens is 2. The first-order chi connectivity index (χ1) is 7.66. The van der Waals surface area contributed by atoms with Gasteiger partial charge in [-0.1, -0.05) is 19.3 Å². The number of hydrogen-bond donors (Lipinski definition) is 1. The summed E-state index contributed by atoms with van der Waals surface area (Å²) in [7, 11) is 0. The maximum atomic E-state index is 5.96. The lowest BCUT2D eigenvalue weighted by Gasteiger charge is -2.21. The maximum Gasteiger partial charge on any atom is 0.223 e. The molecule has 2 rings (SSSR count). The first kappa shape index (κ1) is 12.0. The summed E-state index contributed by atoms with van der Waals surface area (Å²) in [6, 6.07) is 0. The van der Waals surface area contributed by atoms with E-state index in [1.807, 2.05) is 6.92 Å². The fourth-order valence-corrected chi connectivity index (χ4v) is 3.51. The molecular formula is C11H16ClN3S. The molecule has 0 spiro atoms. The Bertz CT molecular complexity index is 378. The Hall–Kier alpha value is -0.480. The monoisotopic (exact) mass is 257 g/mol. The lowest BCUT2D eigenvalue weighted by Crippen LogP contribution is -2.09. The van der Waals surface area contributed by atoms with Crippen LogP contribution in [0, 0.1) is 6.92 Å². The van der Waals surface area contributed by atoms with Crippen molar-refractivity contribution in [1.82, 2.24) is 9.97 Å². The summed E-state index contributed by atoms with van der Waals surface area (Å²) in [5.74, 6) is 0. The predicted molar refractivity (Wildman–Crippen MR) is 68.9 cm³/mol. The molecule has 0 aliphatic heterocycles.